The molecule has 0 saturated carbocycles. The van der Waals surface area contributed by atoms with Crippen LogP contribution in [0.3, 0.4) is 0 Å². The fourth-order valence-electron chi connectivity index (χ4n) is 2.90. The summed E-state index contributed by atoms with van der Waals surface area (Å²) in [5.41, 5.74) is 3.76. The van der Waals surface area contributed by atoms with E-state index in [1.807, 2.05) is 39.0 Å². The van der Waals surface area contributed by atoms with Crippen molar-refractivity contribution in [3.8, 4) is 17.3 Å². The van der Waals surface area contributed by atoms with E-state index in [1.165, 1.54) is 23.9 Å². The van der Waals surface area contributed by atoms with Gasteiger partial charge in [0.25, 0.3) is 11.5 Å². The third-order valence-electron chi connectivity index (χ3n) is 4.92. The van der Waals surface area contributed by atoms with Crippen LogP contribution in [-0.4, -0.2) is 28.9 Å². The Morgan fingerprint density at radius 2 is 1.81 bits per heavy atom. The molecule has 1 N–H and O–H groups in total. The summed E-state index contributed by atoms with van der Waals surface area (Å²) in [4.78, 5) is 25.0. The monoisotopic (exact) mass is 441 g/mol. The molecular formula is C23H24ClN3O4. The van der Waals surface area contributed by atoms with Crippen LogP contribution in [0.1, 0.15) is 23.6 Å². The van der Waals surface area contributed by atoms with Crippen LogP contribution in [0, 0.1) is 20.8 Å². The molecule has 8 heteroatoms. The summed E-state index contributed by atoms with van der Waals surface area (Å²) in [5.74, 6) is 0.197. The van der Waals surface area contributed by atoms with Crippen LogP contribution >= 0.6 is 11.6 Å². The molecule has 2 aromatic carbocycles. The molecule has 0 bridgehead atoms. The number of anilines is 1. The van der Waals surface area contributed by atoms with E-state index < -0.39 is 12.0 Å². The molecule has 0 fully saturated rings. The lowest BCUT2D eigenvalue weighted by atomic mass is 10.1. The van der Waals surface area contributed by atoms with E-state index in [2.05, 4.69) is 10.4 Å². The van der Waals surface area contributed by atoms with Gasteiger partial charge < -0.3 is 14.8 Å². The number of aromatic nitrogens is 2. The van der Waals surface area contributed by atoms with E-state index >= 15 is 0 Å². The van der Waals surface area contributed by atoms with Crippen molar-refractivity contribution in [2.75, 3.05) is 12.4 Å². The molecule has 1 aromatic heterocycles. The lowest BCUT2D eigenvalue weighted by Crippen LogP contribution is -2.31. The summed E-state index contributed by atoms with van der Waals surface area (Å²) < 4.78 is 12.2. The average Bonchev–Trinajstić information content (AvgIpc) is 2.73. The van der Waals surface area contributed by atoms with Crippen LogP contribution in [0.4, 0.5) is 5.69 Å². The Hall–Kier alpha value is -3.32. The Kier molecular flexibility index (Phi) is 6.65. The number of nitrogens with one attached hydrogen (secondary N) is 1. The van der Waals surface area contributed by atoms with Gasteiger partial charge in [-0.1, -0.05) is 17.7 Å². The Bertz CT molecular complexity index is 1190. The first-order valence-electron chi connectivity index (χ1n) is 9.69. The van der Waals surface area contributed by atoms with Gasteiger partial charge in [0, 0.05) is 23.2 Å². The number of nitrogens with zero attached hydrogens (tertiary/aromatic N) is 2. The SMILES string of the molecule is COc1cc(Cl)c(C)cc1NC(=O)[C@@H](C)Oc1ccc(=O)n(-c2ccc(C)c(C)c2)n1. The number of aryl methyl sites for hydroxylation is 3. The molecule has 0 radical (unpaired) electrons. The van der Waals surface area contributed by atoms with Gasteiger partial charge in [-0.05, 0) is 62.6 Å². The molecule has 0 spiro atoms. The predicted molar refractivity (Wildman–Crippen MR) is 121 cm³/mol. The lowest BCUT2D eigenvalue weighted by Gasteiger charge is -2.17. The maximum atomic E-state index is 12.7. The fraction of sp³-hybridized carbons (Fsp3) is 0.261. The van der Waals surface area contributed by atoms with E-state index in [0.29, 0.717) is 22.1 Å². The molecule has 0 unspecified atom stereocenters. The van der Waals surface area contributed by atoms with Gasteiger partial charge in [0.1, 0.15) is 5.75 Å². The quantitative estimate of drug-likeness (QED) is 0.619. The zero-order chi connectivity index (χ0) is 22.7. The second-order valence-electron chi connectivity index (χ2n) is 7.24. The van der Waals surface area contributed by atoms with Crippen LogP contribution in [0.2, 0.25) is 5.02 Å². The molecule has 1 heterocycles. The largest absolute Gasteiger partial charge is 0.495 e. The van der Waals surface area contributed by atoms with Gasteiger partial charge in [0.2, 0.25) is 5.88 Å². The molecule has 3 rings (SSSR count). The topological polar surface area (TPSA) is 82.5 Å². The first kappa shape index (κ1) is 22.4. The van der Waals surface area contributed by atoms with Crippen LogP contribution in [-0.2, 0) is 4.79 Å². The molecule has 0 aliphatic carbocycles. The summed E-state index contributed by atoms with van der Waals surface area (Å²) >= 11 is 6.11. The molecule has 162 valence electrons. The maximum Gasteiger partial charge on any atom is 0.271 e. The van der Waals surface area contributed by atoms with Crippen molar-refractivity contribution >= 4 is 23.2 Å². The van der Waals surface area contributed by atoms with Crippen LogP contribution < -0.4 is 20.3 Å². The summed E-state index contributed by atoms with van der Waals surface area (Å²) in [6, 6.07) is 11.8. The van der Waals surface area contributed by atoms with Gasteiger partial charge >= 0.3 is 0 Å². The number of methoxy groups -OCH3 is 1. The van der Waals surface area contributed by atoms with E-state index in [0.717, 1.165) is 16.7 Å². The average molecular weight is 442 g/mol. The number of halogens is 1. The summed E-state index contributed by atoms with van der Waals surface area (Å²) in [6.45, 7) is 7.38. The van der Waals surface area contributed by atoms with Crippen molar-refractivity contribution in [1.82, 2.24) is 9.78 Å². The molecule has 0 aliphatic rings. The van der Waals surface area contributed by atoms with Gasteiger partial charge in [-0.3, -0.25) is 9.59 Å². The minimum atomic E-state index is -0.876. The number of hydrogen-bond acceptors (Lipinski definition) is 5. The third-order valence-corrected chi connectivity index (χ3v) is 5.32. The predicted octanol–water partition coefficient (Wildman–Crippen LogP) is 4.23. The third kappa shape index (κ3) is 5.06. The zero-order valence-corrected chi connectivity index (χ0v) is 18.8. The Balaban J connectivity index is 1.80. The number of ether oxygens (including phenoxy) is 2. The number of amides is 1. The van der Waals surface area contributed by atoms with Crippen LogP contribution in [0.25, 0.3) is 5.69 Å². The molecule has 1 amide bonds. The van der Waals surface area contributed by atoms with E-state index in [-0.39, 0.29) is 11.4 Å². The van der Waals surface area contributed by atoms with Crippen molar-refractivity contribution in [2.24, 2.45) is 0 Å². The summed E-state index contributed by atoms with van der Waals surface area (Å²) in [7, 11) is 1.50. The van der Waals surface area contributed by atoms with Crippen LogP contribution in [0.5, 0.6) is 11.6 Å². The highest BCUT2D eigenvalue weighted by atomic mass is 35.5. The zero-order valence-electron chi connectivity index (χ0n) is 18.0. The van der Waals surface area contributed by atoms with Crippen molar-refractivity contribution in [1.29, 1.82) is 0 Å². The maximum absolute atomic E-state index is 12.7. The summed E-state index contributed by atoms with van der Waals surface area (Å²) in [5, 5.41) is 7.58. The molecule has 3 aromatic rings. The minimum Gasteiger partial charge on any atom is -0.495 e. The highest BCUT2D eigenvalue weighted by molar-refractivity contribution is 6.31. The van der Waals surface area contributed by atoms with Crippen molar-refractivity contribution in [3.63, 3.8) is 0 Å². The normalized spacial score (nSPS) is 11.7. The number of carbonyl (C=O) groups excluding carboxylic acids is 1. The number of benzene rings is 2. The number of rotatable bonds is 6. The first-order valence-corrected chi connectivity index (χ1v) is 10.1. The molecule has 0 aliphatic heterocycles. The Labute approximate surface area is 185 Å². The smallest absolute Gasteiger partial charge is 0.271 e. The Morgan fingerprint density at radius 3 is 2.48 bits per heavy atom. The van der Waals surface area contributed by atoms with Gasteiger partial charge in [-0.15, -0.1) is 5.10 Å². The summed E-state index contributed by atoms with van der Waals surface area (Å²) in [6.07, 6.45) is -0.876. The highest BCUT2D eigenvalue weighted by Gasteiger charge is 2.19. The van der Waals surface area contributed by atoms with Gasteiger partial charge in [-0.2, -0.15) is 4.68 Å². The van der Waals surface area contributed by atoms with Crippen LogP contribution in [0.15, 0.2) is 47.3 Å². The minimum absolute atomic E-state index is 0.153. The lowest BCUT2D eigenvalue weighted by molar-refractivity contribution is -0.122. The highest BCUT2D eigenvalue weighted by Crippen LogP contribution is 2.31. The second-order valence-corrected chi connectivity index (χ2v) is 7.65. The van der Waals surface area contributed by atoms with E-state index in [4.69, 9.17) is 21.1 Å². The number of hydrogen-bond donors (Lipinski definition) is 1. The molecule has 31 heavy (non-hydrogen) atoms. The second kappa shape index (κ2) is 9.22. The van der Waals surface area contributed by atoms with Crippen molar-refractivity contribution in [2.45, 2.75) is 33.8 Å². The molecular weight excluding hydrogens is 418 g/mol. The fourth-order valence-corrected chi connectivity index (χ4v) is 3.05. The standard InChI is InChI=1S/C23H24ClN3O4/c1-13-6-7-17(10-14(13)2)27-22(28)9-8-21(26-27)31-16(4)23(29)25-19-11-15(3)18(24)12-20(19)30-5/h6-12,16H,1-5H3,(H,25,29)/t16-/m1/s1. The molecule has 7 nitrogen and oxygen atoms in total. The van der Waals surface area contributed by atoms with Crippen molar-refractivity contribution in [3.05, 3.63) is 74.5 Å². The van der Waals surface area contributed by atoms with Gasteiger partial charge in [0.05, 0.1) is 18.5 Å². The molecule has 1 atom stereocenters. The number of carbonyl (C=O) groups is 1. The van der Waals surface area contributed by atoms with Gasteiger partial charge in [-0.25, -0.2) is 0 Å². The van der Waals surface area contributed by atoms with E-state index in [1.54, 1.807) is 19.1 Å². The van der Waals surface area contributed by atoms with E-state index in [9.17, 15) is 9.59 Å². The van der Waals surface area contributed by atoms with Crippen molar-refractivity contribution < 1.29 is 14.3 Å². The van der Waals surface area contributed by atoms with Gasteiger partial charge in [0.15, 0.2) is 6.10 Å². The Morgan fingerprint density at radius 1 is 1.06 bits per heavy atom. The molecule has 0 saturated heterocycles. The first-order chi connectivity index (χ1) is 14.7.